The summed E-state index contributed by atoms with van der Waals surface area (Å²) in [6.45, 7) is 8.11. The first-order chi connectivity index (χ1) is 21.2. The first-order valence-corrected chi connectivity index (χ1v) is 14.8. The van der Waals surface area contributed by atoms with Gasteiger partial charge in [0.25, 0.3) is 5.91 Å². The Hall–Kier alpha value is -4.32. The lowest BCUT2D eigenvalue weighted by Crippen LogP contribution is -2.43. The number of piperidine rings is 1. The summed E-state index contributed by atoms with van der Waals surface area (Å²) in [5.41, 5.74) is -1.54. The number of alkyl halides is 3. The standard InChI is InChI=1S/C33H39F3N4O5/c1-7-8-10-23(33(34,35)36)31(44-25-11-9-12-26-28(25)29(41)32(3,4)45-26)38-20(2)37-24-14-13-21(19-27(24)43-6)30(42)39-22-15-17-40(5)18-16-22/h8-14,19,22H,7,15-18H2,1-6H3,(H,37,38)(H,39,42)/b10-8+,31-23-. The van der Waals surface area contributed by atoms with Gasteiger partial charge in [0.05, 0.1) is 12.8 Å². The molecule has 9 nitrogen and oxygen atoms in total. The Balaban J connectivity index is 1.65. The molecule has 2 N–H and O–H groups in total. The van der Waals surface area contributed by atoms with Crippen LogP contribution in [0.3, 0.4) is 0 Å². The smallest absolute Gasteiger partial charge is 0.421 e. The molecule has 2 aromatic rings. The molecule has 2 heterocycles. The SMILES string of the molecule is CC/C=C/C(=C(\N=C(/C)Nc1ccc(C(=O)NC2CCN(C)CC2)cc1OC)Oc1cccc2c1C(=O)C(C)(C)O2)C(F)(F)F. The topological polar surface area (TPSA) is 101 Å². The van der Waals surface area contributed by atoms with Crippen LogP contribution in [0.5, 0.6) is 17.2 Å². The van der Waals surface area contributed by atoms with Crippen LogP contribution in [0, 0.1) is 0 Å². The fraction of sp³-hybridized carbons (Fsp3) is 0.424. The van der Waals surface area contributed by atoms with Gasteiger partial charge in [-0.3, -0.25) is 9.59 Å². The summed E-state index contributed by atoms with van der Waals surface area (Å²) >= 11 is 0. The van der Waals surface area contributed by atoms with E-state index in [1.807, 2.05) is 7.05 Å². The molecule has 0 bridgehead atoms. The van der Waals surface area contributed by atoms with E-state index in [1.54, 1.807) is 45.0 Å². The molecule has 1 fully saturated rings. The summed E-state index contributed by atoms with van der Waals surface area (Å²) in [5.74, 6) is -1.01. The van der Waals surface area contributed by atoms with Crippen LogP contribution in [-0.4, -0.2) is 67.5 Å². The number of halogens is 3. The number of amidine groups is 1. The van der Waals surface area contributed by atoms with Crippen LogP contribution in [-0.2, 0) is 0 Å². The molecule has 2 aromatic carbocycles. The van der Waals surface area contributed by atoms with Crippen molar-refractivity contribution in [1.29, 1.82) is 0 Å². The predicted octanol–water partition coefficient (Wildman–Crippen LogP) is 6.52. The number of methoxy groups -OCH3 is 1. The minimum absolute atomic E-state index is 0.0361. The van der Waals surface area contributed by atoms with Crippen LogP contribution in [0.15, 0.2) is 65.0 Å². The number of Topliss-reactive ketones (excluding diaryl/α,β-unsaturated/α-hetero) is 1. The van der Waals surface area contributed by atoms with E-state index in [0.717, 1.165) is 32.0 Å². The third kappa shape index (κ3) is 8.05. The van der Waals surface area contributed by atoms with Crippen molar-refractivity contribution < 1.29 is 37.0 Å². The highest BCUT2D eigenvalue weighted by molar-refractivity contribution is 6.09. The van der Waals surface area contributed by atoms with E-state index in [9.17, 15) is 22.8 Å². The highest BCUT2D eigenvalue weighted by atomic mass is 19.4. The summed E-state index contributed by atoms with van der Waals surface area (Å²) in [6.07, 6.45) is -0.548. The number of nitrogens with zero attached hydrogens (tertiary/aromatic N) is 2. The number of carbonyl (C=O) groups excluding carboxylic acids is 2. The van der Waals surface area contributed by atoms with Crippen LogP contribution >= 0.6 is 0 Å². The Morgan fingerprint density at radius 3 is 2.53 bits per heavy atom. The Kier molecular flexibility index (Phi) is 10.3. The monoisotopic (exact) mass is 628 g/mol. The Bertz CT molecular complexity index is 1520. The number of anilines is 1. The first kappa shape index (κ1) is 33.6. The molecule has 2 aliphatic heterocycles. The predicted molar refractivity (Wildman–Crippen MR) is 166 cm³/mol. The van der Waals surface area contributed by atoms with Crippen molar-refractivity contribution in [3.8, 4) is 17.2 Å². The number of ketones is 1. The molecule has 45 heavy (non-hydrogen) atoms. The molecule has 4 rings (SSSR count). The zero-order valence-corrected chi connectivity index (χ0v) is 26.3. The van der Waals surface area contributed by atoms with E-state index in [0.29, 0.717) is 23.4 Å². The molecule has 2 aliphatic rings. The van der Waals surface area contributed by atoms with Crippen LogP contribution in [0.2, 0.25) is 0 Å². The number of carbonyl (C=O) groups is 2. The molecule has 0 aliphatic carbocycles. The average Bonchev–Trinajstić information content (AvgIpc) is 3.21. The summed E-state index contributed by atoms with van der Waals surface area (Å²) in [6, 6.07) is 9.30. The quantitative estimate of drug-likeness (QED) is 0.141. The lowest BCUT2D eigenvalue weighted by molar-refractivity contribution is -0.0906. The van der Waals surface area contributed by atoms with Gasteiger partial charge in [0, 0.05) is 11.6 Å². The molecule has 0 atom stereocenters. The van der Waals surface area contributed by atoms with Gasteiger partial charge < -0.3 is 29.7 Å². The highest BCUT2D eigenvalue weighted by Crippen LogP contribution is 2.42. The maximum absolute atomic E-state index is 14.3. The Morgan fingerprint density at radius 1 is 1.18 bits per heavy atom. The van der Waals surface area contributed by atoms with E-state index in [2.05, 4.69) is 20.5 Å². The molecule has 1 saturated heterocycles. The minimum Gasteiger partial charge on any atom is -0.495 e. The van der Waals surface area contributed by atoms with Gasteiger partial charge in [0.1, 0.15) is 34.2 Å². The van der Waals surface area contributed by atoms with Crippen molar-refractivity contribution >= 4 is 23.2 Å². The van der Waals surface area contributed by atoms with E-state index in [1.165, 1.54) is 32.2 Å². The van der Waals surface area contributed by atoms with Gasteiger partial charge >= 0.3 is 6.18 Å². The van der Waals surface area contributed by atoms with Crippen LogP contribution in [0.25, 0.3) is 0 Å². The van der Waals surface area contributed by atoms with E-state index < -0.39 is 29.0 Å². The van der Waals surface area contributed by atoms with E-state index in [-0.39, 0.29) is 34.8 Å². The molecule has 0 radical (unpaired) electrons. The number of amides is 1. The molecule has 12 heteroatoms. The number of hydrogen-bond donors (Lipinski definition) is 2. The second-order valence-electron chi connectivity index (χ2n) is 11.5. The Labute approximate surface area is 261 Å². The number of benzene rings is 2. The molecule has 0 aromatic heterocycles. The highest BCUT2D eigenvalue weighted by Gasteiger charge is 2.43. The third-order valence-electron chi connectivity index (χ3n) is 7.49. The average molecular weight is 629 g/mol. The number of fused-ring (bicyclic) bond motifs is 1. The number of likely N-dealkylation sites (tertiary alicyclic amines) is 1. The van der Waals surface area contributed by atoms with Gasteiger partial charge in [-0.2, -0.15) is 18.2 Å². The molecule has 1 amide bonds. The van der Waals surface area contributed by atoms with Crippen LogP contribution in [0.1, 0.15) is 67.7 Å². The molecular weight excluding hydrogens is 589 g/mol. The number of ether oxygens (including phenoxy) is 3. The maximum atomic E-state index is 14.3. The fourth-order valence-corrected chi connectivity index (χ4v) is 5.02. The minimum atomic E-state index is -4.83. The van der Waals surface area contributed by atoms with Crippen LogP contribution in [0.4, 0.5) is 18.9 Å². The van der Waals surface area contributed by atoms with Crippen molar-refractivity contribution in [3.63, 3.8) is 0 Å². The molecule has 0 saturated carbocycles. The van der Waals surface area contributed by atoms with Gasteiger partial charge in [0.15, 0.2) is 5.60 Å². The Morgan fingerprint density at radius 2 is 1.89 bits per heavy atom. The van der Waals surface area contributed by atoms with Gasteiger partial charge in [-0.05, 0) is 96.6 Å². The van der Waals surface area contributed by atoms with Crippen molar-refractivity contribution in [3.05, 3.63) is 71.1 Å². The van der Waals surface area contributed by atoms with E-state index in [4.69, 9.17) is 14.2 Å². The van der Waals surface area contributed by atoms with Crippen LogP contribution < -0.4 is 24.8 Å². The molecular formula is C33H39F3N4O5. The van der Waals surface area contributed by atoms with E-state index >= 15 is 0 Å². The summed E-state index contributed by atoms with van der Waals surface area (Å²) in [7, 11) is 3.47. The zero-order chi connectivity index (χ0) is 32.9. The van der Waals surface area contributed by atoms with Gasteiger partial charge in [-0.15, -0.1) is 0 Å². The summed E-state index contributed by atoms with van der Waals surface area (Å²) in [4.78, 5) is 32.4. The van der Waals surface area contributed by atoms with Gasteiger partial charge in [0.2, 0.25) is 11.7 Å². The largest absolute Gasteiger partial charge is 0.495 e. The normalized spacial score (nSPS) is 17.9. The van der Waals surface area contributed by atoms with Crippen molar-refractivity contribution in [2.24, 2.45) is 4.99 Å². The number of aliphatic imine (C=N–C) groups is 1. The lowest BCUT2D eigenvalue weighted by atomic mass is 9.99. The van der Waals surface area contributed by atoms with Crippen molar-refractivity contribution in [2.75, 3.05) is 32.6 Å². The molecule has 242 valence electrons. The number of hydrogen-bond acceptors (Lipinski definition) is 7. The van der Waals surface area contributed by atoms with Gasteiger partial charge in [-0.25, -0.2) is 0 Å². The fourth-order valence-electron chi connectivity index (χ4n) is 5.02. The van der Waals surface area contributed by atoms with Crippen molar-refractivity contribution in [2.45, 2.75) is 64.8 Å². The maximum Gasteiger partial charge on any atom is 0.421 e. The van der Waals surface area contributed by atoms with Gasteiger partial charge in [-0.1, -0.05) is 19.1 Å². The second-order valence-corrected chi connectivity index (χ2v) is 11.5. The lowest BCUT2D eigenvalue weighted by Gasteiger charge is -2.29. The zero-order valence-electron chi connectivity index (χ0n) is 26.3. The third-order valence-corrected chi connectivity index (χ3v) is 7.49. The number of rotatable bonds is 9. The molecule has 0 unspecified atom stereocenters. The van der Waals surface area contributed by atoms with Crippen molar-refractivity contribution in [1.82, 2.24) is 10.2 Å². The number of nitrogens with one attached hydrogen (secondary N) is 2. The summed E-state index contributed by atoms with van der Waals surface area (Å²) in [5, 5.41) is 6.01. The second kappa shape index (κ2) is 13.8. The molecule has 0 spiro atoms. The summed E-state index contributed by atoms with van der Waals surface area (Å²) < 4.78 is 60.0. The number of allylic oxidation sites excluding steroid dienone is 3. The first-order valence-electron chi connectivity index (χ1n) is 14.8.